The number of fused-ring (bicyclic) bond motifs is 6. The quantitative estimate of drug-likeness (QED) is 0.0596. The van der Waals surface area contributed by atoms with E-state index in [1.165, 1.54) is 117 Å². The first kappa shape index (κ1) is 70.0. The molecule has 0 radical (unpaired) electrons. The number of nitrogens with zero attached hydrogens (tertiary/aromatic N) is 2. The van der Waals surface area contributed by atoms with E-state index in [1.807, 2.05) is 12.1 Å². The summed E-state index contributed by atoms with van der Waals surface area (Å²) in [4.78, 5) is 0. The fraction of sp³-hybridized carbons (Fsp3) is 0.0377. The van der Waals surface area contributed by atoms with Crippen molar-refractivity contribution in [2.24, 2.45) is 0 Å². The summed E-state index contributed by atoms with van der Waals surface area (Å²) < 4.78 is 16.1. The molecule has 0 bridgehead atoms. The predicted molar refractivity (Wildman–Crippen MR) is 485 cm³/mol. The Morgan fingerprint density at radius 2 is 0.460 bits per heavy atom. The third-order valence-corrected chi connectivity index (χ3v) is 38.6. The highest BCUT2D eigenvalue weighted by Crippen LogP contribution is 2.41. The van der Waals surface area contributed by atoms with Crippen molar-refractivity contribution in [3.63, 3.8) is 0 Å². The SMILES string of the molecule is COc1ccc(-n2c3ccccc3c3cc(-c4ccc5c(c4)c4ccc(-c6ccc([Si](c7ccccc7)(c7ccccc7)c7ccc(-c8ccc([Si](c9ccccc9)(c9ccccc9)c9ccc([Si](c%10ccccc%10)(c%10ccccc%10)c%10ccccc%10)cc9)cc8)cc7C)c(C)c6)cc4n5-c4ccc(OC)cc4)ccc32)cc1. The highest BCUT2D eigenvalue weighted by atomic mass is 28.3. The van der Waals surface area contributed by atoms with Crippen LogP contribution in [0.2, 0.25) is 0 Å². The lowest BCUT2D eigenvalue weighted by Gasteiger charge is -2.37. The summed E-state index contributed by atoms with van der Waals surface area (Å²) in [5.41, 5.74) is 16.3. The van der Waals surface area contributed by atoms with E-state index in [4.69, 9.17) is 9.47 Å². The maximum Gasteiger partial charge on any atom is 0.180 e. The Morgan fingerprint density at radius 1 is 0.195 bits per heavy atom. The van der Waals surface area contributed by atoms with Crippen molar-refractivity contribution in [2.45, 2.75) is 13.8 Å². The van der Waals surface area contributed by atoms with Crippen LogP contribution in [0, 0.1) is 13.8 Å². The molecule has 19 rings (SSSR count). The second kappa shape index (κ2) is 29.4. The summed E-state index contributed by atoms with van der Waals surface area (Å²) in [6, 6.07) is 160. The minimum Gasteiger partial charge on any atom is -0.497 e. The van der Waals surface area contributed by atoms with Gasteiger partial charge in [0.05, 0.1) is 36.3 Å². The molecule has 19 aromatic rings. The van der Waals surface area contributed by atoms with Crippen molar-refractivity contribution in [1.82, 2.24) is 9.13 Å². The van der Waals surface area contributed by atoms with Crippen LogP contribution in [0.25, 0.3) is 88.4 Å². The zero-order valence-corrected chi connectivity index (χ0v) is 66.6. The number of aryl methyl sites for hydroxylation is 2. The zero-order chi connectivity index (χ0) is 76.0. The molecule has 0 aliphatic carbocycles. The summed E-state index contributed by atoms with van der Waals surface area (Å²) in [5.74, 6) is 1.66. The molecule has 0 saturated carbocycles. The Labute approximate surface area is 664 Å². The van der Waals surface area contributed by atoms with Crippen LogP contribution in [-0.2, 0) is 0 Å². The van der Waals surface area contributed by atoms with Crippen molar-refractivity contribution < 1.29 is 9.47 Å². The average Bonchev–Trinajstić information content (AvgIpc) is 1.66. The van der Waals surface area contributed by atoms with Crippen LogP contribution in [0.4, 0.5) is 0 Å². The van der Waals surface area contributed by atoms with E-state index >= 15 is 0 Å². The number of ether oxygens (including phenoxy) is 2. The third-order valence-electron chi connectivity index (χ3n) is 23.9. The minimum absolute atomic E-state index is 0.819. The molecule has 113 heavy (non-hydrogen) atoms. The van der Waals surface area contributed by atoms with Crippen LogP contribution in [0.5, 0.6) is 11.5 Å². The number of benzene rings is 17. The molecule has 0 amide bonds. The molecule has 0 saturated heterocycles. The summed E-state index contributed by atoms with van der Waals surface area (Å²) >= 11 is 0. The number of hydrogen-bond acceptors (Lipinski definition) is 2. The van der Waals surface area contributed by atoms with Gasteiger partial charge < -0.3 is 18.6 Å². The van der Waals surface area contributed by atoms with E-state index in [2.05, 4.69) is 435 Å². The molecule has 540 valence electrons. The second-order valence-electron chi connectivity index (χ2n) is 29.8. The molecule has 0 aliphatic heterocycles. The molecule has 2 heterocycles. The van der Waals surface area contributed by atoms with Gasteiger partial charge in [0.1, 0.15) is 11.5 Å². The molecule has 4 nitrogen and oxygen atoms in total. The van der Waals surface area contributed by atoms with Gasteiger partial charge >= 0.3 is 0 Å². The van der Waals surface area contributed by atoms with Crippen LogP contribution in [-0.4, -0.2) is 47.6 Å². The first-order chi connectivity index (χ1) is 55.7. The summed E-state index contributed by atoms with van der Waals surface area (Å²) in [7, 11) is -5.43. The Bertz CT molecular complexity index is 6480. The molecule has 0 unspecified atom stereocenters. The van der Waals surface area contributed by atoms with Gasteiger partial charge in [0.25, 0.3) is 0 Å². The fourth-order valence-electron chi connectivity index (χ4n) is 18.7. The Kier molecular flexibility index (Phi) is 18.2. The lowest BCUT2D eigenvalue weighted by atomic mass is 9.99. The van der Waals surface area contributed by atoms with Gasteiger partial charge in [-0.25, -0.2) is 0 Å². The van der Waals surface area contributed by atoms with E-state index < -0.39 is 24.2 Å². The monoisotopic (exact) mass is 1500 g/mol. The van der Waals surface area contributed by atoms with Gasteiger partial charge in [-0.1, -0.05) is 351 Å². The first-order valence-electron chi connectivity index (χ1n) is 39.0. The van der Waals surface area contributed by atoms with Crippen LogP contribution < -0.4 is 71.7 Å². The molecular weight excluding hydrogens is 1420 g/mol. The molecule has 2 aromatic heterocycles. The first-order valence-corrected chi connectivity index (χ1v) is 45.0. The Morgan fingerprint density at radius 3 is 0.832 bits per heavy atom. The summed E-state index contributed by atoms with van der Waals surface area (Å²) in [6.07, 6.45) is 0. The standard InChI is InChI=1S/C106H82N2O2Si3/c1-75-70-78(77-44-59-94(60-45-77)112(90-34-18-8-19-35-90,91-36-20-9-21-37-91)96-63-61-95(62-64-96)111(87-28-12-5-13-29-87,88-30-14-6-15-31-88)89-32-16-7-17-33-89)49-68-105(75)113(92-38-22-10-23-39-92,93-40-24-11-25-41-93)106-69-50-79(71-76(106)2)82-46-65-98-100-73-81(48-67-103(100)108(104(98)74-82)84-53-57-86(110-4)58-54-84)80-47-66-102-99(72-80)97-42-26-27-43-101(97)107(102)83-51-55-85(109-3)56-52-83/h5-74H,1-4H3. The van der Waals surface area contributed by atoms with Crippen LogP contribution in [0.1, 0.15) is 11.1 Å². The topological polar surface area (TPSA) is 28.3 Å². The average molecular weight is 1500 g/mol. The van der Waals surface area contributed by atoms with Crippen LogP contribution >= 0.6 is 0 Å². The zero-order valence-electron chi connectivity index (χ0n) is 63.6. The van der Waals surface area contributed by atoms with Crippen molar-refractivity contribution in [3.05, 3.63) is 436 Å². The van der Waals surface area contributed by atoms with E-state index in [0.29, 0.717) is 0 Å². The van der Waals surface area contributed by atoms with Crippen molar-refractivity contribution in [1.29, 1.82) is 0 Å². The van der Waals surface area contributed by atoms with Crippen molar-refractivity contribution >= 4 is 130 Å². The molecule has 0 atom stereocenters. The summed E-state index contributed by atoms with van der Waals surface area (Å²) in [5, 5.41) is 21.0. The highest BCUT2D eigenvalue weighted by Gasteiger charge is 2.46. The fourth-order valence-corrected chi connectivity index (χ4v) is 33.4. The number of aromatic nitrogens is 2. The molecule has 0 fully saturated rings. The third kappa shape index (κ3) is 11.9. The number of para-hydroxylation sites is 1. The second-order valence-corrected chi connectivity index (χ2v) is 41.2. The predicted octanol–water partition coefficient (Wildman–Crippen LogP) is 17.6. The van der Waals surface area contributed by atoms with Crippen molar-refractivity contribution in [3.8, 4) is 56.3 Å². The maximum atomic E-state index is 5.73. The van der Waals surface area contributed by atoms with E-state index in [1.54, 1.807) is 14.2 Å². The van der Waals surface area contributed by atoms with E-state index in [-0.39, 0.29) is 0 Å². The van der Waals surface area contributed by atoms with Crippen molar-refractivity contribution in [2.75, 3.05) is 14.2 Å². The molecule has 0 spiro atoms. The molecular formula is C106H82N2O2Si3. The van der Waals surface area contributed by atoms with Crippen LogP contribution in [0.3, 0.4) is 0 Å². The lowest BCUT2D eigenvalue weighted by Crippen LogP contribution is -2.76. The molecule has 17 aromatic carbocycles. The van der Waals surface area contributed by atoms with Gasteiger partial charge in [-0.3, -0.25) is 0 Å². The molecule has 7 heteroatoms. The Hall–Kier alpha value is -13.4. The Balaban J connectivity index is 0.705. The molecule has 0 aliphatic rings. The van der Waals surface area contributed by atoms with Gasteiger partial charge in [-0.2, -0.15) is 0 Å². The number of hydrogen-bond donors (Lipinski definition) is 0. The van der Waals surface area contributed by atoms with Gasteiger partial charge in [-0.05, 0) is 194 Å². The van der Waals surface area contributed by atoms with Gasteiger partial charge in [0.15, 0.2) is 24.2 Å². The lowest BCUT2D eigenvalue weighted by molar-refractivity contribution is 0.414. The number of methoxy groups -OCH3 is 2. The smallest absolute Gasteiger partial charge is 0.180 e. The molecule has 0 N–H and O–H groups in total. The highest BCUT2D eigenvalue weighted by molar-refractivity contribution is 7.21. The van der Waals surface area contributed by atoms with Gasteiger partial charge in [0, 0.05) is 32.9 Å². The minimum atomic E-state index is -3.08. The number of rotatable bonds is 19. The van der Waals surface area contributed by atoms with Gasteiger partial charge in [-0.15, -0.1) is 0 Å². The maximum absolute atomic E-state index is 5.73. The van der Waals surface area contributed by atoms with Crippen LogP contribution in [0.15, 0.2) is 425 Å². The normalized spacial score (nSPS) is 11.9. The summed E-state index contributed by atoms with van der Waals surface area (Å²) in [6.45, 7) is 4.70. The van der Waals surface area contributed by atoms with E-state index in [9.17, 15) is 0 Å². The van der Waals surface area contributed by atoms with E-state index in [0.717, 1.165) is 56.1 Å². The largest absolute Gasteiger partial charge is 0.497 e. The van der Waals surface area contributed by atoms with Gasteiger partial charge in [0.2, 0.25) is 0 Å².